The van der Waals surface area contributed by atoms with Gasteiger partial charge in [0, 0.05) is 21.9 Å². The predicted octanol–water partition coefficient (Wildman–Crippen LogP) is 5.38. The fourth-order valence-electron chi connectivity index (χ4n) is 3.57. The highest BCUT2D eigenvalue weighted by atomic mass is 32.1. The lowest BCUT2D eigenvalue weighted by atomic mass is 9.97. The molecule has 7 nitrogen and oxygen atoms in total. The van der Waals surface area contributed by atoms with E-state index in [1.807, 2.05) is 66.0 Å². The van der Waals surface area contributed by atoms with Crippen LogP contribution in [0.25, 0.3) is 32.6 Å². The van der Waals surface area contributed by atoms with E-state index in [0.29, 0.717) is 25.8 Å². The molecule has 0 radical (unpaired) electrons. The van der Waals surface area contributed by atoms with Gasteiger partial charge in [-0.3, -0.25) is 10.1 Å². The standard InChI is InChI=1S/C24H16N6OS2/c25-11-15-17(14-9-5-2-6-10-14)18-19(26)20(33-23(18)29-21(15)27)22(31)30-24-28-16(12-32-24)13-7-3-1-4-8-13/h1-10,12H,26H2,(H2,27,29)(H,28,30,31). The fourth-order valence-corrected chi connectivity index (χ4v) is 5.29. The minimum Gasteiger partial charge on any atom is -0.397 e. The van der Waals surface area contributed by atoms with Gasteiger partial charge in [0.05, 0.1) is 11.4 Å². The van der Waals surface area contributed by atoms with Crippen LogP contribution in [-0.4, -0.2) is 15.9 Å². The Morgan fingerprint density at radius 3 is 2.30 bits per heavy atom. The van der Waals surface area contributed by atoms with Crippen molar-refractivity contribution in [1.29, 1.82) is 5.26 Å². The molecule has 3 heterocycles. The Hall–Kier alpha value is -4.26. The molecule has 5 rings (SSSR count). The molecule has 2 aromatic carbocycles. The van der Waals surface area contributed by atoms with E-state index in [2.05, 4.69) is 21.4 Å². The summed E-state index contributed by atoms with van der Waals surface area (Å²) in [6.45, 7) is 0. The Bertz CT molecular complexity index is 1530. The molecule has 0 spiro atoms. The summed E-state index contributed by atoms with van der Waals surface area (Å²) in [7, 11) is 0. The van der Waals surface area contributed by atoms with Gasteiger partial charge in [0.2, 0.25) is 0 Å². The van der Waals surface area contributed by atoms with Gasteiger partial charge >= 0.3 is 0 Å². The van der Waals surface area contributed by atoms with Gasteiger partial charge in [-0.15, -0.1) is 22.7 Å². The number of benzene rings is 2. The van der Waals surface area contributed by atoms with Crippen LogP contribution in [0.4, 0.5) is 16.6 Å². The van der Waals surface area contributed by atoms with Gasteiger partial charge in [-0.2, -0.15) is 5.26 Å². The normalized spacial score (nSPS) is 10.8. The highest BCUT2D eigenvalue weighted by Gasteiger charge is 2.24. The van der Waals surface area contributed by atoms with E-state index in [-0.39, 0.29) is 23.0 Å². The lowest BCUT2D eigenvalue weighted by Gasteiger charge is -2.09. The van der Waals surface area contributed by atoms with Gasteiger partial charge < -0.3 is 11.5 Å². The second-order valence-electron chi connectivity index (χ2n) is 7.11. The minimum atomic E-state index is -0.388. The summed E-state index contributed by atoms with van der Waals surface area (Å²) < 4.78 is 0. The molecule has 3 aromatic heterocycles. The van der Waals surface area contributed by atoms with Gasteiger partial charge in [0.1, 0.15) is 27.2 Å². The van der Waals surface area contributed by atoms with Crippen molar-refractivity contribution in [2.24, 2.45) is 0 Å². The summed E-state index contributed by atoms with van der Waals surface area (Å²) >= 11 is 2.47. The molecule has 1 amide bonds. The van der Waals surface area contributed by atoms with Crippen LogP contribution in [0.15, 0.2) is 66.0 Å². The number of nitriles is 1. The first-order valence-electron chi connectivity index (χ1n) is 9.86. The molecule has 5 N–H and O–H groups in total. The SMILES string of the molecule is N#Cc1c(N)nc2sc(C(=O)Nc3nc(-c4ccccc4)cs3)c(N)c2c1-c1ccccc1. The van der Waals surface area contributed by atoms with Gasteiger partial charge in [0.25, 0.3) is 5.91 Å². The maximum atomic E-state index is 13.1. The van der Waals surface area contributed by atoms with Crippen molar-refractivity contribution in [1.82, 2.24) is 9.97 Å². The van der Waals surface area contributed by atoms with Crippen LogP contribution in [0.3, 0.4) is 0 Å². The molecule has 0 saturated heterocycles. The number of nitrogens with one attached hydrogen (secondary N) is 1. The number of hydrogen-bond acceptors (Lipinski definition) is 8. The maximum Gasteiger partial charge on any atom is 0.269 e. The van der Waals surface area contributed by atoms with E-state index in [1.165, 1.54) is 11.3 Å². The number of anilines is 3. The number of nitrogens with two attached hydrogens (primary N) is 2. The first-order chi connectivity index (χ1) is 16.1. The number of amides is 1. The average molecular weight is 469 g/mol. The van der Waals surface area contributed by atoms with Crippen LogP contribution in [0.2, 0.25) is 0 Å². The third-order valence-electron chi connectivity index (χ3n) is 5.08. The average Bonchev–Trinajstić information content (AvgIpc) is 3.43. The van der Waals surface area contributed by atoms with Crippen LogP contribution in [-0.2, 0) is 0 Å². The molecule has 0 fully saturated rings. The highest BCUT2D eigenvalue weighted by molar-refractivity contribution is 7.21. The third kappa shape index (κ3) is 3.67. The lowest BCUT2D eigenvalue weighted by Crippen LogP contribution is -2.11. The van der Waals surface area contributed by atoms with Crippen molar-refractivity contribution in [3.05, 3.63) is 76.5 Å². The van der Waals surface area contributed by atoms with Crippen LogP contribution in [0.5, 0.6) is 0 Å². The number of carbonyl (C=O) groups is 1. The Labute approximate surface area is 197 Å². The van der Waals surface area contributed by atoms with Gasteiger partial charge in [-0.1, -0.05) is 60.7 Å². The molecule has 0 atom stereocenters. The summed E-state index contributed by atoms with van der Waals surface area (Å²) in [4.78, 5) is 22.7. The molecule has 0 aliphatic rings. The Kier molecular flexibility index (Phi) is 5.22. The van der Waals surface area contributed by atoms with E-state index in [9.17, 15) is 10.1 Å². The predicted molar refractivity (Wildman–Crippen MR) is 134 cm³/mol. The van der Waals surface area contributed by atoms with Crippen LogP contribution < -0.4 is 16.8 Å². The van der Waals surface area contributed by atoms with E-state index in [1.54, 1.807) is 0 Å². The number of rotatable bonds is 4. The molecular weight excluding hydrogens is 452 g/mol. The summed E-state index contributed by atoms with van der Waals surface area (Å²) in [6.07, 6.45) is 0. The molecule has 0 aliphatic carbocycles. The highest BCUT2D eigenvalue weighted by Crippen LogP contribution is 2.42. The number of nitrogen functional groups attached to an aromatic ring is 2. The van der Waals surface area contributed by atoms with Crippen molar-refractivity contribution >= 4 is 55.4 Å². The molecule has 0 unspecified atom stereocenters. The zero-order valence-corrected chi connectivity index (χ0v) is 18.7. The molecule has 0 bridgehead atoms. The fraction of sp³-hybridized carbons (Fsp3) is 0. The molecule has 160 valence electrons. The Morgan fingerprint density at radius 2 is 1.64 bits per heavy atom. The molecular formula is C24H16N6OS2. The van der Waals surface area contributed by atoms with Crippen molar-refractivity contribution in [3.8, 4) is 28.5 Å². The van der Waals surface area contributed by atoms with Crippen LogP contribution >= 0.6 is 22.7 Å². The minimum absolute atomic E-state index is 0.101. The number of pyridine rings is 1. The molecule has 5 aromatic rings. The zero-order valence-electron chi connectivity index (χ0n) is 17.1. The Morgan fingerprint density at radius 1 is 0.970 bits per heavy atom. The molecule has 9 heteroatoms. The largest absolute Gasteiger partial charge is 0.397 e. The van der Waals surface area contributed by atoms with Crippen molar-refractivity contribution in [3.63, 3.8) is 0 Å². The first-order valence-corrected chi connectivity index (χ1v) is 11.6. The molecule has 33 heavy (non-hydrogen) atoms. The topological polar surface area (TPSA) is 131 Å². The second-order valence-corrected chi connectivity index (χ2v) is 8.97. The van der Waals surface area contributed by atoms with Crippen molar-refractivity contribution in [2.75, 3.05) is 16.8 Å². The molecule has 0 aliphatic heterocycles. The zero-order chi connectivity index (χ0) is 22.9. The number of fused-ring (bicyclic) bond motifs is 1. The summed E-state index contributed by atoms with van der Waals surface area (Å²) in [5, 5.41) is 15.4. The maximum absolute atomic E-state index is 13.1. The first kappa shape index (κ1) is 20.6. The van der Waals surface area contributed by atoms with E-state index in [0.717, 1.165) is 28.2 Å². The number of thiazole rings is 1. The van der Waals surface area contributed by atoms with E-state index in [4.69, 9.17) is 11.5 Å². The van der Waals surface area contributed by atoms with Crippen molar-refractivity contribution < 1.29 is 4.79 Å². The number of carbonyl (C=O) groups excluding carboxylic acids is 1. The van der Waals surface area contributed by atoms with Crippen molar-refractivity contribution in [2.45, 2.75) is 0 Å². The third-order valence-corrected chi connectivity index (χ3v) is 6.94. The Balaban J connectivity index is 1.56. The molecule has 0 saturated carbocycles. The van der Waals surface area contributed by atoms with Gasteiger partial charge in [-0.25, -0.2) is 9.97 Å². The van der Waals surface area contributed by atoms with E-state index < -0.39 is 0 Å². The monoisotopic (exact) mass is 468 g/mol. The quantitative estimate of drug-likeness (QED) is 0.325. The van der Waals surface area contributed by atoms with Gasteiger partial charge in [-0.05, 0) is 5.56 Å². The smallest absolute Gasteiger partial charge is 0.269 e. The van der Waals surface area contributed by atoms with E-state index >= 15 is 0 Å². The summed E-state index contributed by atoms with van der Waals surface area (Å²) in [6, 6.07) is 21.2. The number of nitrogens with zero attached hydrogens (tertiary/aromatic N) is 3. The van der Waals surface area contributed by atoms with Crippen LogP contribution in [0, 0.1) is 11.3 Å². The number of hydrogen-bond donors (Lipinski definition) is 3. The number of thiophene rings is 1. The van der Waals surface area contributed by atoms with Gasteiger partial charge in [0.15, 0.2) is 5.13 Å². The second kappa shape index (κ2) is 8.35. The summed E-state index contributed by atoms with van der Waals surface area (Å²) in [5.41, 5.74) is 16.1. The lowest BCUT2D eigenvalue weighted by molar-refractivity contribution is 0.103. The van der Waals surface area contributed by atoms with Crippen LogP contribution in [0.1, 0.15) is 15.2 Å². The number of aromatic nitrogens is 2. The summed E-state index contributed by atoms with van der Waals surface area (Å²) in [5.74, 6) is -0.287.